The van der Waals surface area contributed by atoms with Crippen LogP contribution in [0.2, 0.25) is 0 Å². The second-order valence-corrected chi connectivity index (χ2v) is 3.53. The maximum Gasteiger partial charge on any atom is 0.161 e. The molecule has 1 aromatic carbocycles. The molecule has 0 saturated heterocycles. The SMILES string of the molecule is COCC(C)Oc1ccc(CO)cc1OC. The van der Waals surface area contributed by atoms with Crippen LogP contribution >= 0.6 is 0 Å². The second-order valence-electron chi connectivity index (χ2n) is 3.53. The number of aliphatic hydroxyl groups excluding tert-OH is 1. The van der Waals surface area contributed by atoms with Gasteiger partial charge in [-0.15, -0.1) is 0 Å². The molecule has 0 saturated carbocycles. The summed E-state index contributed by atoms with van der Waals surface area (Å²) in [5.41, 5.74) is 0.795. The van der Waals surface area contributed by atoms with Gasteiger partial charge in [0.15, 0.2) is 11.5 Å². The van der Waals surface area contributed by atoms with Gasteiger partial charge in [0.2, 0.25) is 0 Å². The summed E-state index contributed by atoms with van der Waals surface area (Å²) in [7, 11) is 3.20. The first-order chi connectivity index (χ1) is 7.71. The molecule has 0 aliphatic rings. The number of methoxy groups -OCH3 is 2. The molecule has 0 aliphatic carbocycles. The van der Waals surface area contributed by atoms with E-state index in [1.54, 1.807) is 32.4 Å². The number of hydrogen-bond donors (Lipinski definition) is 1. The summed E-state index contributed by atoms with van der Waals surface area (Å²) < 4.78 is 15.8. The van der Waals surface area contributed by atoms with Gasteiger partial charge in [0.05, 0.1) is 20.3 Å². The lowest BCUT2D eigenvalue weighted by Gasteiger charge is -2.16. The lowest BCUT2D eigenvalue weighted by atomic mass is 10.2. The predicted octanol–water partition coefficient (Wildman–Crippen LogP) is 1.60. The Morgan fingerprint density at radius 1 is 1.25 bits per heavy atom. The van der Waals surface area contributed by atoms with Gasteiger partial charge < -0.3 is 19.3 Å². The Balaban J connectivity index is 2.78. The Morgan fingerprint density at radius 2 is 2.00 bits per heavy atom. The van der Waals surface area contributed by atoms with Crippen LogP contribution in [0.15, 0.2) is 18.2 Å². The van der Waals surface area contributed by atoms with Gasteiger partial charge in [0.1, 0.15) is 6.10 Å². The number of hydrogen-bond acceptors (Lipinski definition) is 4. The van der Waals surface area contributed by atoms with E-state index in [1.807, 2.05) is 6.92 Å². The molecule has 0 amide bonds. The van der Waals surface area contributed by atoms with Crippen molar-refractivity contribution in [2.45, 2.75) is 19.6 Å². The fourth-order valence-electron chi connectivity index (χ4n) is 1.39. The van der Waals surface area contributed by atoms with Crippen molar-refractivity contribution in [2.75, 3.05) is 20.8 Å². The van der Waals surface area contributed by atoms with Gasteiger partial charge in [-0.3, -0.25) is 0 Å². The summed E-state index contributed by atoms with van der Waals surface area (Å²) >= 11 is 0. The van der Waals surface area contributed by atoms with Crippen molar-refractivity contribution < 1.29 is 19.3 Å². The topological polar surface area (TPSA) is 47.9 Å². The van der Waals surface area contributed by atoms with Crippen molar-refractivity contribution in [3.8, 4) is 11.5 Å². The van der Waals surface area contributed by atoms with E-state index in [0.717, 1.165) is 5.56 Å². The summed E-state index contributed by atoms with van der Waals surface area (Å²) in [6.45, 7) is 2.43. The van der Waals surface area contributed by atoms with Crippen LogP contribution in [0.5, 0.6) is 11.5 Å². The Kier molecular flexibility index (Phi) is 5.08. The number of rotatable bonds is 6. The molecule has 4 heteroatoms. The maximum atomic E-state index is 9.00. The Bertz CT molecular complexity index is 325. The molecule has 0 fully saturated rings. The van der Waals surface area contributed by atoms with Crippen molar-refractivity contribution in [1.29, 1.82) is 0 Å². The monoisotopic (exact) mass is 226 g/mol. The van der Waals surface area contributed by atoms with Crippen LogP contribution < -0.4 is 9.47 Å². The van der Waals surface area contributed by atoms with E-state index >= 15 is 0 Å². The van der Waals surface area contributed by atoms with Crippen molar-refractivity contribution in [1.82, 2.24) is 0 Å². The molecule has 1 atom stereocenters. The van der Waals surface area contributed by atoms with Crippen LogP contribution in [0.25, 0.3) is 0 Å². The molecule has 1 N–H and O–H groups in total. The van der Waals surface area contributed by atoms with Crippen LogP contribution in [0.1, 0.15) is 12.5 Å². The van der Waals surface area contributed by atoms with Crippen LogP contribution in [0.3, 0.4) is 0 Å². The average Bonchev–Trinajstić information content (AvgIpc) is 2.30. The molecule has 90 valence electrons. The highest BCUT2D eigenvalue weighted by Crippen LogP contribution is 2.28. The lowest BCUT2D eigenvalue weighted by Crippen LogP contribution is -2.18. The molecular weight excluding hydrogens is 208 g/mol. The van der Waals surface area contributed by atoms with E-state index in [4.69, 9.17) is 19.3 Å². The Morgan fingerprint density at radius 3 is 2.56 bits per heavy atom. The number of benzene rings is 1. The third kappa shape index (κ3) is 3.40. The van der Waals surface area contributed by atoms with E-state index in [1.165, 1.54) is 0 Å². The van der Waals surface area contributed by atoms with Gasteiger partial charge in [0, 0.05) is 7.11 Å². The number of aliphatic hydroxyl groups is 1. The van der Waals surface area contributed by atoms with E-state index in [0.29, 0.717) is 18.1 Å². The molecule has 0 aliphatic heterocycles. The zero-order valence-electron chi connectivity index (χ0n) is 9.90. The van der Waals surface area contributed by atoms with Gasteiger partial charge in [-0.05, 0) is 24.6 Å². The molecule has 1 unspecified atom stereocenters. The summed E-state index contributed by atoms with van der Waals surface area (Å²) in [6.07, 6.45) is -0.0427. The molecule has 0 aromatic heterocycles. The summed E-state index contributed by atoms with van der Waals surface area (Å²) in [5, 5.41) is 9.00. The highest BCUT2D eigenvalue weighted by molar-refractivity contribution is 5.42. The summed E-state index contributed by atoms with van der Waals surface area (Å²) in [5.74, 6) is 1.28. The molecule has 0 heterocycles. The normalized spacial score (nSPS) is 12.2. The Labute approximate surface area is 95.8 Å². The maximum absolute atomic E-state index is 9.00. The minimum Gasteiger partial charge on any atom is -0.493 e. The van der Waals surface area contributed by atoms with Gasteiger partial charge in [-0.1, -0.05) is 6.07 Å². The van der Waals surface area contributed by atoms with Crippen molar-refractivity contribution >= 4 is 0 Å². The first-order valence-electron chi connectivity index (χ1n) is 5.14. The number of ether oxygens (including phenoxy) is 3. The van der Waals surface area contributed by atoms with Gasteiger partial charge in [0.25, 0.3) is 0 Å². The fourth-order valence-corrected chi connectivity index (χ4v) is 1.39. The first kappa shape index (κ1) is 12.8. The van der Waals surface area contributed by atoms with Crippen molar-refractivity contribution in [3.05, 3.63) is 23.8 Å². The summed E-state index contributed by atoms with van der Waals surface area (Å²) in [6, 6.07) is 5.35. The van der Waals surface area contributed by atoms with Gasteiger partial charge >= 0.3 is 0 Å². The highest BCUT2D eigenvalue weighted by Gasteiger charge is 2.09. The zero-order valence-corrected chi connectivity index (χ0v) is 9.90. The van der Waals surface area contributed by atoms with Crippen LogP contribution in [0.4, 0.5) is 0 Å². The van der Waals surface area contributed by atoms with E-state index in [2.05, 4.69) is 0 Å². The van der Waals surface area contributed by atoms with Crippen LogP contribution in [-0.4, -0.2) is 32.0 Å². The van der Waals surface area contributed by atoms with Gasteiger partial charge in [-0.2, -0.15) is 0 Å². The average molecular weight is 226 g/mol. The van der Waals surface area contributed by atoms with E-state index in [-0.39, 0.29) is 12.7 Å². The van der Waals surface area contributed by atoms with Crippen LogP contribution in [0, 0.1) is 0 Å². The van der Waals surface area contributed by atoms with Crippen molar-refractivity contribution in [3.63, 3.8) is 0 Å². The minimum absolute atomic E-state index is 0.00966. The molecule has 0 radical (unpaired) electrons. The van der Waals surface area contributed by atoms with E-state index in [9.17, 15) is 0 Å². The third-order valence-electron chi connectivity index (χ3n) is 2.14. The van der Waals surface area contributed by atoms with E-state index < -0.39 is 0 Å². The largest absolute Gasteiger partial charge is 0.493 e. The molecular formula is C12H18O4. The minimum atomic E-state index is -0.0427. The standard InChI is InChI=1S/C12H18O4/c1-9(8-14-2)16-11-5-4-10(7-13)6-12(11)15-3/h4-6,9,13H,7-8H2,1-3H3. The van der Waals surface area contributed by atoms with Crippen molar-refractivity contribution in [2.24, 2.45) is 0 Å². The molecule has 0 bridgehead atoms. The predicted molar refractivity (Wildman–Crippen MR) is 60.9 cm³/mol. The molecule has 1 aromatic rings. The van der Waals surface area contributed by atoms with Crippen LogP contribution in [-0.2, 0) is 11.3 Å². The second kappa shape index (κ2) is 6.35. The highest BCUT2D eigenvalue weighted by atomic mass is 16.5. The third-order valence-corrected chi connectivity index (χ3v) is 2.14. The fraction of sp³-hybridized carbons (Fsp3) is 0.500. The molecule has 16 heavy (non-hydrogen) atoms. The smallest absolute Gasteiger partial charge is 0.161 e. The van der Waals surface area contributed by atoms with Gasteiger partial charge in [-0.25, -0.2) is 0 Å². The Hall–Kier alpha value is -1.26. The molecule has 1 rings (SSSR count). The summed E-state index contributed by atoms with van der Waals surface area (Å²) in [4.78, 5) is 0. The molecule has 0 spiro atoms. The quantitative estimate of drug-likeness (QED) is 0.800. The zero-order chi connectivity index (χ0) is 12.0. The molecule has 4 nitrogen and oxygen atoms in total. The first-order valence-corrected chi connectivity index (χ1v) is 5.14. The lowest BCUT2D eigenvalue weighted by molar-refractivity contribution is 0.0899.